The maximum absolute atomic E-state index is 15.6. The molecule has 0 radical (unpaired) electrons. The van der Waals surface area contributed by atoms with Gasteiger partial charge in [0, 0.05) is 35.4 Å². The Bertz CT molecular complexity index is 1100. The second-order valence-corrected chi connectivity index (χ2v) is 8.67. The molecule has 8 heteroatoms. The molecule has 0 fully saturated rings. The fourth-order valence-corrected chi connectivity index (χ4v) is 4.76. The summed E-state index contributed by atoms with van der Waals surface area (Å²) in [7, 11) is 0. The van der Waals surface area contributed by atoms with Gasteiger partial charge in [-0.25, -0.2) is 13.8 Å². The van der Waals surface area contributed by atoms with E-state index in [0.717, 1.165) is 18.4 Å². The van der Waals surface area contributed by atoms with Crippen molar-refractivity contribution in [2.24, 2.45) is 5.73 Å². The van der Waals surface area contributed by atoms with E-state index < -0.39 is 17.2 Å². The van der Waals surface area contributed by atoms with Gasteiger partial charge in [-0.2, -0.15) is 0 Å². The zero-order valence-electron chi connectivity index (χ0n) is 19.8. The van der Waals surface area contributed by atoms with Gasteiger partial charge in [-0.05, 0) is 57.7 Å². The summed E-state index contributed by atoms with van der Waals surface area (Å²) < 4.78 is 42.3. The van der Waals surface area contributed by atoms with Gasteiger partial charge in [0.1, 0.15) is 23.8 Å². The predicted molar refractivity (Wildman–Crippen MR) is 130 cm³/mol. The van der Waals surface area contributed by atoms with Crippen LogP contribution in [0.15, 0.2) is 36.1 Å². The van der Waals surface area contributed by atoms with Crippen molar-refractivity contribution in [2.45, 2.75) is 52.1 Å². The number of aromatic nitrogens is 1. The SMILES string of the molecule is C/C=C\C(=C/C)C1(CCCCN)Cc2c(cc(F)c(Cl)c2-c2c(C)cnc(OCCO)c2F)O1. The van der Waals surface area contributed by atoms with E-state index in [1.807, 2.05) is 32.1 Å². The Morgan fingerprint density at radius 2 is 2.09 bits per heavy atom. The molecule has 0 aliphatic carbocycles. The van der Waals surface area contributed by atoms with Crippen LogP contribution >= 0.6 is 11.6 Å². The molecule has 1 aliphatic rings. The number of halogens is 3. The van der Waals surface area contributed by atoms with Gasteiger partial charge in [-0.15, -0.1) is 0 Å². The first-order chi connectivity index (χ1) is 16.3. The fraction of sp³-hybridized carbons (Fsp3) is 0.423. The lowest BCUT2D eigenvalue weighted by atomic mass is 9.82. The number of nitrogens with zero attached hydrogens (tertiary/aromatic N) is 1. The van der Waals surface area contributed by atoms with Gasteiger partial charge in [0.2, 0.25) is 0 Å². The monoisotopic (exact) mass is 492 g/mol. The molecule has 1 unspecified atom stereocenters. The summed E-state index contributed by atoms with van der Waals surface area (Å²) in [5.41, 5.74) is 7.37. The normalized spacial score (nSPS) is 17.8. The molecule has 34 heavy (non-hydrogen) atoms. The third kappa shape index (κ3) is 4.97. The largest absolute Gasteiger partial charge is 0.482 e. The van der Waals surface area contributed by atoms with Crippen molar-refractivity contribution in [2.75, 3.05) is 19.8 Å². The predicted octanol–water partition coefficient (Wildman–Crippen LogP) is 5.68. The first-order valence-corrected chi connectivity index (χ1v) is 11.8. The van der Waals surface area contributed by atoms with Crippen LogP contribution in [-0.4, -0.2) is 35.5 Å². The molecule has 1 aromatic carbocycles. The second kappa shape index (κ2) is 11.3. The van der Waals surface area contributed by atoms with Crippen molar-refractivity contribution in [3.8, 4) is 22.8 Å². The second-order valence-electron chi connectivity index (χ2n) is 8.29. The zero-order valence-corrected chi connectivity index (χ0v) is 20.5. The summed E-state index contributed by atoms with van der Waals surface area (Å²) in [6.07, 6.45) is 10.0. The molecule has 2 aromatic rings. The number of ether oxygens (including phenoxy) is 2. The third-order valence-electron chi connectivity index (χ3n) is 6.03. The molecule has 3 rings (SSSR count). The number of nitrogens with two attached hydrogens (primary N) is 1. The molecule has 5 nitrogen and oxygen atoms in total. The number of aryl methyl sites for hydroxylation is 1. The van der Waals surface area contributed by atoms with Gasteiger partial charge in [0.25, 0.3) is 5.88 Å². The van der Waals surface area contributed by atoms with E-state index in [2.05, 4.69) is 4.98 Å². The highest BCUT2D eigenvalue weighted by Gasteiger charge is 2.44. The first-order valence-electron chi connectivity index (χ1n) is 11.4. The van der Waals surface area contributed by atoms with Crippen LogP contribution in [-0.2, 0) is 6.42 Å². The van der Waals surface area contributed by atoms with Crippen LogP contribution in [0.4, 0.5) is 8.78 Å². The summed E-state index contributed by atoms with van der Waals surface area (Å²) >= 11 is 6.46. The zero-order chi connectivity index (χ0) is 24.9. The van der Waals surface area contributed by atoms with Gasteiger partial charge < -0.3 is 20.3 Å². The van der Waals surface area contributed by atoms with Crippen LogP contribution < -0.4 is 15.2 Å². The topological polar surface area (TPSA) is 77.6 Å². The van der Waals surface area contributed by atoms with E-state index in [4.69, 9.17) is 31.9 Å². The molecule has 0 bridgehead atoms. The molecule has 1 aliphatic heterocycles. The highest BCUT2D eigenvalue weighted by Crippen LogP contribution is 2.50. The third-order valence-corrected chi connectivity index (χ3v) is 6.40. The summed E-state index contributed by atoms with van der Waals surface area (Å²) in [5, 5.41) is 8.87. The Balaban J connectivity index is 2.21. The Labute approximate surface area is 204 Å². The van der Waals surface area contributed by atoms with E-state index in [1.54, 1.807) is 6.92 Å². The van der Waals surface area contributed by atoms with Crippen molar-refractivity contribution in [1.82, 2.24) is 4.98 Å². The number of unbranched alkanes of at least 4 members (excludes halogenated alkanes) is 1. The van der Waals surface area contributed by atoms with Crippen molar-refractivity contribution in [1.29, 1.82) is 0 Å². The van der Waals surface area contributed by atoms with E-state index in [1.165, 1.54) is 12.3 Å². The maximum Gasteiger partial charge on any atom is 0.251 e. The lowest BCUT2D eigenvalue weighted by Gasteiger charge is -2.30. The molecule has 0 amide bonds. The van der Waals surface area contributed by atoms with E-state index >= 15 is 8.78 Å². The summed E-state index contributed by atoms with van der Waals surface area (Å²) in [5.74, 6) is -1.40. The Morgan fingerprint density at radius 3 is 2.74 bits per heavy atom. The van der Waals surface area contributed by atoms with Gasteiger partial charge in [-0.3, -0.25) is 0 Å². The highest BCUT2D eigenvalue weighted by atomic mass is 35.5. The number of benzene rings is 1. The number of rotatable bonds is 10. The number of fused-ring (bicyclic) bond motifs is 1. The number of aliphatic hydroxyl groups excluding tert-OH is 1. The summed E-state index contributed by atoms with van der Waals surface area (Å²) in [4.78, 5) is 3.98. The van der Waals surface area contributed by atoms with E-state index in [0.29, 0.717) is 36.3 Å². The molecular weight excluding hydrogens is 462 g/mol. The average Bonchev–Trinajstić information content (AvgIpc) is 3.18. The molecule has 3 N–H and O–H groups in total. The lowest BCUT2D eigenvalue weighted by molar-refractivity contribution is 0.124. The number of aliphatic hydroxyl groups is 1. The van der Waals surface area contributed by atoms with Gasteiger partial charge in [0.15, 0.2) is 5.82 Å². The molecule has 184 valence electrons. The van der Waals surface area contributed by atoms with Crippen molar-refractivity contribution < 1.29 is 23.4 Å². The Hall–Kier alpha value is -2.48. The van der Waals surface area contributed by atoms with E-state index in [-0.39, 0.29) is 35.2 Å². The quantitative estimate of drug-likeness (QED) is 0.329. The number of allylic oxidation sites excluding steroid dienone is 2. The standard InChI is InChI=1S/C26H31ClF2N2O3/c1-4-8-17(5-2)26(9-6-7-10-30)14-18-20(34-26)13-19(28)23(27)22(18)21-16(3)15-31-25(24(21)29)33-12-11-32/h4-5,8,13,15,32H,6-7,9-12,14,30H2,1-3H3/b8-4-,17-5+. The van der Waals surface area contributed by atoms with Crippen LogP contribution in [0.2, 0.25) is 5.02 Å². The number of hydrogen-bond acceptors (Lipinski definition) is 5. The lowest BCUT2D eigenvalue weighted by Crippen LogP contribution is -2.36. The summed E-state index contributed by atoms with van der Waals surface area (Å²) in [6, 6.07) is 1.27. The van der Waals surface area contributed by atoms with Crippen LogP contribution in [0.25, 0.3) is 11.1 Å². The van der Waals surface area contributed by atoms with Gasteiger partial charge >= 0.3 is 0 Å². The van der Waals surface area contributed by atoms with Crippen molar-refractivity contribution in [3.63, 3.8) is 0 Å². The number of pyridine rings is 1. The number of hydrogen-bond donors (Lipinski definition) is 2. The average molecular weight is 493 g/mol. The Morgan fingerprint density at radius 1 is 1.32 bits per heavy atom. The minimum atomic E-state index is -0.761. The van der Waals surface area contributed by atoms with Gasteiger partial charge in [-0.1, -0.05) is 29.8 Å². The van der Waals surface area contributed by atoms with Crippen LogP contribution in [0.1, 0.15) is 44.2 Å². The molecule has 0 spiro atoms. The molecule has 1 atom stereocenters. The van der Waals surface area contributed by atoms with Gasteiger partial charge in [0.05, 0.1) is 11.6 Å². The fourth-order valence-electron chi connectivity index (χ4n) is 4.50. The minimum Gasteiger partial charge on any atom is -0.482 e. The van der Waals surface area contributed by atoms with E-state index in [9.17, 15) is 0 Å². The van der Waals surface area contributed by atoms with Crippen molar-refractivity contribution in [3.05, 3.63) is 63.8 Å². The first kappa shape index (κ1) is 26.1. The molecule has 1 aromatic heterocycles. The maximum atomic E-state index is 15.6. The Kier molecular flexibility index (Phi) is 8.68. The van der Waals surface area contributed by atoms with Crippen LogP contribution in [0.5, 0.6) is 11.6 Å². The highest BCUT2D eigenvalue weighted by molar-refractivity contribution is 6.34. The van der Waals surface area contributed by atoms with Crippen molar-refractivity contribution >= 4 is 11.6 Å². The molecule has 2 heterocycles. The molecule has 0 saturated heterocycles. The van der Waals surface area contributed by atoms with Crippen LogP contribution in [0, 0.1) is 18.6 Å². The summed E-state index contributed by atoms with van der Waals surface area (Å²) in [6.45, 7) is 5.67. The minimum absolute atomic E-state index is 0.109. The smallest absolute Gasteiger partial charge is 0.251 e. The molecular formula is C26H31ClF2N2O3. The molecule has 0 saturated carbocycles. The van der Waals surface area contributed by atoms with Crippen LogP contribution in [0.3, 0.4) is 0 Å².